The molecule has 3 rings (SSSR count). The van der Waals surface area contributed by atoms with Gasteiger partial charge in [-0.05, 0) is 31.2 Å². The zero-order valence-electron chi connectivity index (χ0n) is 13.5. The number of anilines is 3. The van der Waals surface area contributed by atoms with E-state index in [1.54, 1.807) is 24.0 Å². The van der Waals surface area contributed by atoms with Crippen LogP contribution < -0.4 is 10.2 Å². The maximum absolute atomic E-state index is 11.3. The summed E-state index contributed by atoms with van der Waals surface area (Å²) in [5, 5.41) is 3.21. The molecule has 0 atom stereocenters. The molecule has 7 heteroatoms. The van der Waals surface area contributed by atoms with Gasteiger partial charge in [0.15, 0.2) is 5.78 Å². The van der Waals surface area contributed by atoms with E-state index >= 15 is 0 Å². The number of amides is 1. The Labute approximate surface area is 140 Å². The predicted octanol–water partition coefficient (Wildman–Crippen LogP) is 1.70. The smallest absolute Gasteiger partial charge is 0.209 e. The average Bonchev–Trinajstić information content (AvgIpc) is 2.62. The van der Waals surface area contributed by atoms with Crippen LogP contribution in [0.5, 0.6) is 0 Å². The van der Waals surface area contributed by atoms with Gasteiger partial charge in [-0.1, -0.05) is 0 Å². The fraction of sp³-hybridized carbons (Fsp3) is 0.294. The molecule has 24 heavy (non-hydrogen) atoms. The van der Waals surface area contributed by atoms with E-state index < -0.39 is 0 Å². The van der Waals surface area contributed by atoms with Gasteiger partial charge in [-0.3, -0.25) is 9.59 Å². The van der Waals surface area contributed by atoms with E-state index in [-0.39, 0.29) is 5.78 Å². The molecular weight excluding hydrogens is 306 g/mol. The van der Waals surface area contributed by atoms with E-state index in [0.29, 0.717) is 24.5 Å². The fourth-order valence-electron chi connectivity index (χ4n) is 2.58. The number of rotatable bonds is 5. The quantitative estimate of drug-likeness (QED) is 0.666. The van der Waals surface area contributed by atoms with E-state index in [9.17, 15) is 9.59 Å². The summed E-state index contributed by atoms with van der Waals surface area (Å²) in [4.78, 5) is 34.5. The van der Waals surface area contributed by atoms with E-state index in [0.717, 1.165) is 31.0 Å². The van der Waals surface area contributed by atoms with Crippen LogP contribution in [0.2, 0.25) is 0 Å². The molecule has 0 aliphatic carbocycles. The number of nitrogens with zero attached hydrogens (tertiary/aromatic N) is 4. The predicted molar refractivity (Wildman–Crippen MR) is 91.6 cm³/mol. The minimum absolute atomic E-state index is 0.0420. The van der Waals surface area contributed by atoms with Crippen molar-refractivity contribution in [2.45, 2.75) is 6.92 Å². The number of benzene rings is 1. The highest BCUT2D eigenvalue weighted by molar-refractivity contribution is 5.94. The molecule has 0 unspecified atom stereocenters. The molecule has 1 N–H and O–H groups in total. The van der Waals surface area contributed by atoms with Gasteiger partial charge in [0.1, 0.15) is 18.0 Å². The van der Waals surface area contributed by atoms with Crippen LogP contribution in [-0.2, 0) is 4.79 Å². The van der Waals surface area contributed by atoms with E-state index in [1.165, 1.54) is 6.33 Å². The first-order chi connectivity index (χ1) is 11.7. The first kappa shape index (κ1) is 15.9. The van der Waals surface area contributed by atoms with Gasteiger partial charge in [0.05, 0.1) is 0 Å². The zero-order valence-corrected chi connectivity index (χ0v) is 13.5. The van der Waals surface area contributed by atoms with Gasteiger partial charge in [-0.2, -0.15) is 0 Å². The highest BCUT2D eigenvalue weighted by atomic mass is 16.1. The Kier molecular flexibility index (Phi) is 4.69. The second kappa shape index (κ2) is 7.08. The first-order valence-electron chi connectivity index (χ1n) is 7.80. The summed E-state index contributed by atoms with van der Waals surface area (Å²) in [5.41, 5.74) is 1.53. The monoisotopic (exact) mass is 325 g/mol. The number of Topliss-reactive ketones (excluding diaryl/α,β-unsaturated/α-hetero) is 1. The van der Waals surface area contributed by atoms with Gasteiger partial charge in [0.2, 0.25) is 6.41 Å². The minimum Gasteiger partial charge on any atom is -0.353 e. The molecule has 2 heterocycles. The number of carbonyl (C=O) groups excluding carboxylic acids is 2. The van der Waals surface area contributed by atoms with Crippen molar-refractivity contribution in [3.8, 4) is 0 Å². The van der Waals surface area contributed by atoms with Gasteiger partial charge < -0.3 is 15.1 Å². The van der Waals surface area contributed by atoms with Gasteiger partial charge in [-0.25, -0.2) is 9.97 Å². The maximum Gasteiger partial charge on any atom is 0.209 e. The molecule has 1 amide bonds. The minimum atomic E-state index is 0.0420. The molecule has 7 nitrogen and oxygen atoms in total. The third kappa shape index (κ3) is 3.68. The van der Waals surface area contributed by atoms with Crippen molar-refractivity contribution in [2.24, 2.45) is 0 Å². The third-order valence-electron chi connectivity index (χ3n) is 4.00. The highest BCUT2D eigenvalue weighted by Gasteiger charge is 2.17. The Bertz CT molecular complexity index is 724. The van der Waals surface area contributed by atoms with Crippen LogP contribution in [0.15, 0.2) is 36.7 Å². The SMILES string of the molecule is CC(=O)c1ccc(Nc2cc(N3CCN(C=O)CC3)ncn2)cc1. The van der Waals surface area contributed by atoms with Crippen LogP contribution in [0.1, 0.15) is 17.3 Å². The van der Waals surface area contributed by atoms with Crippen molar-refractivity contribution < 1.29 is 9.59 Å². The van der Waals surface area contributed by atoms with Gasteiger partial charge in [-0.15, -0.1) is 0 Å². The largest absolute Gasteiger partial charge is 0.353 e. The topological polar surface area (TPSA) is 78.4 Å². The van der Waals surface area contributed by atoms with Gasteiger partial charge >= 0.3 is 0 Å². The van der Waals surface area contributed by atoms with E-state index in [1.807, 2.05) is 18.2 Å². The Morgan fingerprint density at radius 1 is 1.12 bits per heavy atom. The van der Waals surface area contributed by atoms with Crippen LogP contribution in [0.4, 0.5) is 17.3 Å². The summed E-state index contributed by atoms with van der Waals surface area (Å²) >= 11 is 0. The lowest BCUT2D eigenvalue weighted by atomic mass is 10.1. The first-order valence-corrected chi connectivity index (χ1v) is 7.80. The lowest BCUT2D eigenvalue weighted by molar-refractivity contribution is -0.118. The van der Waals surface area contributed by atoms with Crippen molar-refractivity contribution in [3.05, 3.63) is 42.2 Å². The molecule has 0 bridgehead atoms. The number of piperazine rings is 1. The summed E-state index contributed by atoms with van der Waals surface area (Å²) in [6.07, 6.45) is 2.41. The summed E-state index contributed by atoms with van der Waals surface area (Å²) in [5.74, 6) is 1.56. The van der Waals surface area contributed by atoms with Crippen molar-refractivity contribution in [3.63, 3.8) is 0 Å². The Balaban J connectivity index is 1.69. The van der Waals surface area contributed by atoms with E-state index in [2.05, 4.69) is 20.2 Å². The van der Waals surface area contributed by atoms with Crippen molar-refractivity contribution >= 4 is 29.5 Å². The van der Waals surface area contributed by atoms with Crippen LogP contribution in [0.3, 0.4) is 0 Å². The Morgan fingerprint density at radius 3 is 2.46 bits per heavy atom. The van der Waals surface area contributed by atoms with Crippen molar-refractivity contribution in [1.29, 1.82) is 0 Å². The van der Waals surface area contributed by atoms with Crippen LogP contribution >= 0.6 is 0 Å². The number of carbonyl (C=O) groups is 2. The average molecular weight is 325 g/mol. The van der Waals surface area contributed by atoms with Crippen LogP contribution in [0, 0.1) is 0 Å². The second-order valence-corrected chi connectivity index (χ2v) is 5.65. The second-order valence-electron chi connectivity index (χ2n) is 5.65. The molecule has 0 saturated carbocycles. The van der Waals surface area contributed by atoms with Crippen LogP contribution in [-0.4, -0.2) is 53.2 Å². The summed E-state index contributed by atoms with van der Waals surface area (Å²) in [7, 11) is 0. The maximum atomic E-state index is 11.3. The standard InChI is InChI=1S/C17H19N5O2/c1-13(24)14-2-4-15(5-3-14)20-16-10-17(19-11-18-16)22-8-6-21(12-23)7-9-22/h2-5,10-12H,6-9H2,1H3,(H,18,19,20). The van der Waals surface area contributed by atoms with Crippen LogP contribution in [0.25, 0.3) is 0 Å². The fourth-order valence-corrected chi connectivity index (χ4v) is 2.58. The molecule has 1 aliphatic rings. The van der Waals surface area contributed by atoms with E-state index in [4.69, 9.17) is 0 Å². The number of nitrogens with one attached hydrogen (secondary N) is 1. The molecule has 0 spiro atoms. The number of ketones is 1. The molecule has 1 saturated heterocycles. The van der Waals surface area contributed by atoms with Crippen molar-refractivity contribution in [1.82, 2.24) is 14.9 Å². The normalized spacial score (nSPS) is 14.4. The Morgan fingerprint density at radius 2 is 1.83 bits per heavy atom. The lowest BCUT2D eigenvalue weighted by Gasteiger charge is -2.33. The summed E-state index contributed by atoms with van der Waals surface area (Å²) < 4.78 is 0. The third-order valence-corrected chi connectivity index (χ3v) is 4.00. The summed E-state index contributed by atoms with van der Waals surface area (Å²) in [6, 6.07) is 9.15. The van der Waals surface area contributed by atoms with Gasteiger partial charge in [0, 0.05) is 43.5 Å². The molecule has 1 fully saturated rings. The number of aromatic nitrogens is 2. The molecule has 2 aromatic rings. The summed E-state index contributed by atoms with van der Waals surface area (Å²) in [6.45, 7) is 4.44. The molecule has 0 radical (unpaired) electrons. The number of hydrogen-bond acceptors (Lipinski definition) is 6. The van der Waals surface area contributed by atoms with Crippen molar-refractivity contribution in [2.75, 3.05) is 36.4 Å². The lowest BCUT2D eigenvalue weighted by Crippen LogP contribution is -2.46. The molecule has 124 valence electrons. The number of hydrogen-bond donors (Lipinski definition) is 1. The van der Waals surface area contributed by atoms with Gasteiger partial charge in [0.25, 0.3) is 0 Å². The molecule has 1 aliphatic heterocycles. The molecule has 1 aromatic heterocycles. The Hall–Kier alpha value is -2.96. The molecular formula is C17H19N5O2. The highest BCUT2D eigenvalue weighted by Crippen LogP contribution is 2.20. The zero-order chi connectivity index (χ0) is 16.9. The molecule has 1 aromatic carbocycles.